The lowest BCUT2D eigenvalue weighted by atomic mass is 9.67. The zero-order valence-corrected chi connectivity index (χ0v) is 27.0. The van der Waals surface area contributed by atoms with Crippen LogP contribution in [0.15, 0.2) is 131 Å². The molecule has 0 bridgehead atoms. The van der Waals surface area contributed by atoms with Gasteiger partial charge in [0.15, 0.2) is 0 Å². The van der Waals surface area contributed by atoms with Gasteiger partial charge < -0.3 is 10.2 Å². The van der Waals surface area contributed by atoms with Crippen molar-refractivity contribution >= 4 is 0 Å². The zero-order chi connectivity index (χ0) is 30.6. The summed E-state index contributed by atoms with van der Waals surface area (Å²) in [4.78, 5) is 0. The van der Waals surface area contributed by atoms with Gasteiger partial charge in [-0.05, 0) is 70.3 Å². The van der Waals surface area contributed by atoms with Crippen molar-refractivity contribution < 1.29 is 10.2 Å². The van der Waals surface area contributed by atoms with Crippen LogP contribution >= 0.6 is 0 Å². The minimum absolute atomic E-state index is 0.0151. The first-order valence-corrected chi connectivity index (χ1v) is 15.0. The number of aliphatic hydroxyl groups excluding tert-OH is 2. The summed E-state index contributed by atoms with van der Waals surface area (Å²) in [5, 5.41) is 20.0. The largest absolute Gasteiger partial charge is 0.393 e. The highest BCUT2D eigenvalue weighted by molar-refractivity contribution is 5.35. The standard InChI is InChI=1S/C39H54O2/c1-29(16-12-18-31(3)20-22-34-23-24-35(40)27-38(34,6)7)14-10-11-15-30(2)17-13-19-32(4)21-25-37-33(5)26-36(41)28-39(37,8)9/h10-23,25-26,35-37,40-41H,24,27-28H2,1-9H3/b11-10-,16-12+,17-13+,22-20+,25-21+,29-14+,30-15+,31-18+,32-19+. The van der Waals surface area contributed by atoms with E-state index in [0.29, 0.717) is 5.92 Å². The summed E-state index contributed by atoms with van der Waals surface area (Å²) in [6.07, 6.45) is 35.8. The molecule has 0 radical (unpaired) electrons. The van der Waals surface area contributed by atoms with Crippen molar-refractivity contribution in [1.82, 2.24) is 0 Å². The van der Waals surface area contributed by atoms with Crippen LogP contribution in [0.4, 0.5) is 0 Å². The monoisotopic (exact) mass is 554 g/mol. The second-order valence-corrected chi connectivity index (χ2v) is 13.2. The molecule has 0 amide bonds. The van der Waals surface area contributed by atoms with Crippen LogP contribution < -0.4 is 0 Å². The minimum Gasteiger partial charge on any atom is -0.393 e. The van der Waals surface area contributed by atoms with E-state index in [9.17, 15) is 10.2 Å². The van der Waals surface area contributed by atoms with Crippen LogP contribution in [0, 0.1) is 16.7 Å². The number of rotatable bonds is 10. The van der Waals surface area contributed by atoms with Gasteiger partial charge in [0.05, 0.1) is 12.2 Å². The molecule has 0 aromatic carbocycles. The van der Waals surface area contributed by atoms with E-state index in [1.54, 1.807) is 0 Å². The van der Waals surface area contributed by atoms with Crippen molar-refractivity contribution in [3.05, 3.63) is 131 Å². The van der Waals surface area contributed by atoms with Crippen molar-refractivity contribution in [2.75, 3.05) is 0 Å². The van der Waals surface area contributed by atoms with E-state index in [1.807, 2.05) is 6.08 Å². The topological polar surface area (TPSA) is 40.5 Å². The Morgan fingerprint density at radius 1 is 0.732 bits per heavy atom. The van der Waals surface area contributed by atoms with Gasteiger partial charge in [-0.3, -0.25) is 0 Å². The van der Waals surface area contributed by atoms with Gasteiger partial charge in [-0.15, -0.1) is 0 Å². The summed E-state index contributed by atoms with van der Waals surface area (Å²) in [5.74, 6) is 0.349. The number of hydrogen-bond donors (Lipinski definition) is 2. The van der Waals surface area contributed by atoms with E-state index in [1.165, 1.54) is 33.4 Å². The van der Waals surface area contributed by atoms with E-state index in [4.69, 9.17) is 0 Å². The Morgan fingerprint density at radius 3 is 1.78 bits per heavy atom. The molecule has 0 aromatic heterocycles. The minimum atomic E-state index is -0.330. The highest BCUT2D eigenvalue weighted by Gasteiger charge is 2.34. The average molecular weight is 555 g/mol. The number of hydrogen-bond acceptors (Lipinski definition) is 2. The van der Waals surface area contributed by atoms with Crippen LogP contribution in [-0.2, 0) is 0 Å². The second kappa shape index (κ2) is 15.9. The average Bonchev–Trinajstić information content (AvgIpc) is 2.84. The molecule has 41 heavy (non-hydrogen) atoms. The molecule has 0 aromatic rings. The molecule has 2 aliphatic rings. The third-order valence-electron chi connectivity index (χ3n) is 8.00. The Bertz CT molecular complexity index is 1230. The predicted octanol–water partition coefficient (Wildman–Crippen LogP) is 10.0. The lowest BCUT2D eigenvalue weighted by Crippen LogP contribution is -2.32. The number of allylic oxidation sites excluding steroid dienone is 20. The zero-order valence-electron chi connectivity index (χ0n) is 27.0. The van der Waals surface area contributed by atoms with Crippen molar-refractivity contribution in [2.45, 2.75) is 93.8 Å². The first-order valence-electron chi connectivity index (χ1n) is 15.0. The third-order valence-corrected chi connectivity index (χ3v) is 8.00. The summed E-state index contributed by atoms with van der Waals surface area (Å²) in [5.41, 5.74) is 7.40. The predicted molar refractivity (Wildman–Crippen MR) is 179 cm³/mol. The van der Waals surface area contributed by atoms with Crippen LogP contribution in [0.3, 0.4) is 0 Å². The molecule has 0 heterocycles. The van der Waals surface area contributed by atoms with Gasteiger partial charge >= 0.3 is 0 Å². The maximum Gasteiger partial charge on any atom is 0.0729 e. The fraction of sp³-hybridized carbons (Fsp3) is 0.436. The van der Waals surface area contributed by atoms with Gasteiger partial charge in [0.2, 0.25) is 0 Å². The number of aliphatic hydroxyl groups is 2. The summed E-state index contributed by atoms with van der Waals surface area (Å²) in [7, 11) is 0. The molecule has 2 aliphatic carbocycles. The van der Waals surface area contributed by atoms with Gasteiger partial charge in [0.1, 0.15) is 0 Å². The molecular formula is C39H54O2. The van der Waals surface area contributed by atoms with Gasteiger partial charge in [-0.2, -0.15) is 0 Å². The molecule has 2 rings (SSSR count). The highest BCUT2D eigenvalue weighted by Crippen LogP contribution is 2.42. The fourth-order valence-corrected chi connectivity index (χ4v) is 5.59. The maximum absolute atomic E-state index is 10.1. The molecule has 2 nitrogen and oxygen atoms in total. The molecule has 2 N–H and O–H groups in total. The summed E-state index contributed by atoms with van der Waals surface area (Å²) in [6, 6.07) is 0. The van der Waals surface area contributed by atoms with Crippen LogP contribution in [0.2, 0.25) is 0 Å². The molecule has 0 fully saturated rings. The molecule has 0 spiro atoms. The quantitative estimate of drug-likeness (QED) is 0.208. The smallest absolute Gasteiger partial charge is 0.0729 e. The van der Waals surface area contributed by atoms with E-state index in [0.717, 1.165) is 19.3 Å². The van der Waals surface area contributed by atoms with Crippen molar-refractivity contribution in [2.24, 2.45) is 16.7 Å². The Labute approximate surface area is 251 Å². The van der Waals surface area contributed by atoms with Gasteiger partial charge in [0.25, 0.3) is 0 Å². The molecular weight excluding hydrogens is 500 g/mol. The third kappa shape index (κ3) is 12.2. The SMILES string of the molecule is CC1=CC(O)CC(C)(C)C1/C=C/C(C)=C/C=C/C(C)=C/C=C\C=C(C)\C=C\C=C(C)\C=C\C1=CCC(O)CC1(C)C. The highest BCUT2D eigenvalue weighted by atomic mass is 16.3. The first kappa shape index (κ1) is 34.3. The second-order valence-electron chi connectivity index (χ2n) is 13.2. The Hall–Kier alpha value is -2.94. The summed E-state index contributed by atoms with van der Waals surface area (Å²) < 4.78 is 0. The van der Waals surface area contributed by atoms with E-state index in [2.05, 4.69) is 153 Å². The summed E-state index contributed by atoms with van der Waals surface area (Å²) >= 11 is 0. The van der Waals surface area contributed by atoms with Crippen LogP contribution in [0.1, 0.15) is 81.6 Å². The fourth-order valence-electron chi connectivity index (χ4n) is 5.59. The molecule has 3 unspecified atom stereocenters. The molecule has 3 atom stereocenters. The Kier molecular flexibility index (Phi) is 13.3. The van der Waals surface area contributed by atoms with E-state index in [-0.39, 0.29) is 23.0 Å². The van der Waals surface area contributed by atoms with Crippen LogP contribution in [0.25, 0.3) is 0 Å². The molecule has 222 valence electrons. The normalized spacial score (nSPS) is 26.7. The van der Waals surface area contributed by atoms with Gasteiger partial charge in [-0.25, -0.2) is 0 Å². The Morgan fingerprint density at radius 2 is 1.24 bits per heavy atom. The lowest BCUT2D eigenvalue weighted by molar-refractivity contribution is 0.117. The van der Waals surface area contributed by atoms with Crippen molar-refractivity contribution in [1.29, 1.82) is 0 Å². The van der Waals surface area contributed by atoms with Crippen LogP contribution in [0.5, 0.6) is 0 Å². The van der Waals surface area contributed by atoms with Crippen molar-refractivity contribution in [3.8, 4) is 0 Å². The van der Waals surface area contributed by atoms with Crippen molar-refractivity contribution in [3.63, 3.8) is 0 Å². The van der Waals surface area contributed by atoms with E-state index >= 15 is 0 Å². The molecule has 0 aliphatic heterocycles. The first-order chi connectivity index (χ1) is 19.2. The lowest BCUT2D eigenvalue weighted by Gasteiger charge is -2.38. The molecule has 2 heteroatoms. The van der Waals surface area contributed by atoms with E-state index < -0.39 is 0 Å². The molecule has 0 saturated carbocycles. The molecule has 0 saturated heterocycles. The maximum atomic E-state index is 10.1. The van der Waals surface area contributed by atoms with Gasteiger partial charge in [0, 0.05) is 5.92 Å². The Balaban J connectivity index is 1.87. The van der Waals surface area contributed by atoms with Gasteiger partial charge in [-0.1, -0.05) is 153 Å². The van der Waals surface area contributed by atoms with Crippen LogP contribution in [-0.4, -0.2) is 22.4 Å². The summed E-state index contributed by atoms with van der Waals surface area (Å²) in [6.45, 7) is 19.4.